The maximum atomic E-state index is 12.7. The van der Waals surface area contributed by atoms with Crippen molar-refractivity contribution in [2.75, 3.05) is 18.3 Å². The molecule has 0 aliphatic carbocycles. The summed E-state index contributed by atoms with van der Waals surface area (Å²) in [5.41, 5.74) is 3.87. The normalized spacial score (nSPS) is 11.8. The van der Waals surface area contributed by atoms with Crippen LogP contribution in [0.25, 0.3) is 0 Å². The number of nitrogens with zero attached hydrogens (tertiary/aromatic N) is 3. The summed E-state index contributed by atoms with van der Waals surface area (Å²) >= 11 is 1.22. The first-order chi connectivity index (χ1) is 14.8. The molecule has 9 heteroatoms. The van der Waals surface area contributed by atoms with E-state index in [2.05, 4.69) is 21.6 Å². The number of aromatic nitrogens is 3. The molecule has 0 aliphatic rings. The predicted octanol–water partition coefficient (Wildman–Crippen LogP) is 3.62. The molecule has 1 aromatic heterocycles. The minimum Gasteiger partial charge on any atom is -0.495 e. The zero-order valence-electron chi connectivity index (χ0n) is 18.3. The predicted molar refractivity (Wildman–Crippen MR) is 122 cm³/mol. The van der Waals surface area contributed by atoms with Gasteiger partial charge in [0.25, 0.3) is 0 Å². The number of carbonyl (C=O) groups excluding carboxylic acids is 1. The molecule has 0 saturated heterocycles. The van der Waals surface area contributed by atoms with Gasteiger partial charge in [-0.3, -0.25) is 4.79 Å². The largest absolute Gasteiger partial charge is 0.495 e. The standard InChI is InChI=1S/C22H27N5O3S/c1-13-6-7-19(29-5)18(11-13)24-21(28)16(4)31-22-26-25-20(27(22)23)12-30-17-9-14(2)8-15(3)10-17/h6-11,16H,12,23H2,1-5H3,(H,24,28). The van der Waals surface area contributed by atoms with Crippen molar-refractivity contribution in [3.8, 4) is 11.5 Å². The van der Waals surface area contributed by atoms with Crippen LogP contribution in [0.1, 0.15) is 29.4 Å². The molecule has 0 saturated carbocycles. The highest BCUT2D eigenvalue weighted by atomic mass is 32.2. The first-order valence-electron chi connectivity index (χ1n) is 9.79. The van der Waals surface area contributed by atoms with Gasteiger partial charge in [0, 0.05) is 0 Å². The molecular formula is C22H27N5O3S. The summed E-state index contributed by atoms with van der Waals surface area (Å²) in [6.45, 7) is 7.93. The summed E-state index contributed by atoms with van der Waals surface area (Å²) in [5.74, 6) is 7.76. The van der Waals surface area contributed by atoms with Crippen molar-refractivity contribution in [1.29, 1.82) is 0 Å². The lowest BCUT2D eigenvalue weighted by Crippen LogP contribution is -2.24. The molecule has 1 amide bonds. The molecule has 0 radical (unpaired) electrons. The maximum absolute atomic E-state index is 12.7. The van der Waals surface area contributed by atoms with Crippen molar-refractivity contribution >= 4 is 23.4 Å². The Hall–Kier alpha value is -3.20. The highest BCUT2D eigenvalue weighted by molar-refractivity contribution is 8.00. The number of benzene rings is 2. The Morgan fingerprint density at radius 2 is 1.84 bits per heavy atom. The van der Waals surface area contributed by atoms with E-state index in [1.54, 1.807) is 14.0 Å². The Balaban J connectivity index is 1.63. The lowest BCUT2D eigenvalue weighted by atomic mass is 10.1. The van der Waals surface area contributed by atoms with Gasteiger partial charge in [-0.25, -0.2) is 4.68 Å². The second-order valence-corrected chi connectivity index (χ2v) is 8.64. The van der Waals surface area contributed by atoms with Crippen molar-refractivity contribution < 1.29 is 14.3 Å². The zero-order valence-corrected chi connectivity index (χ0v) is 19.1. The fraction of sp³-hybridized carbons (Fsp3) is 0.318. The summed E-state index contributed by atoms with van der Waals surface area (Å²) in [7, 11) is 1.57. The van der Waals surface area contributed by atoms with Crippen LogP contribution in [0.2, 0.25) is 0 Å². The van der Waals surface area contributed by atoms with Crippen molar-refractivity contribution in [3.05, 3.63) is 58.9 Å². The Morgan fingerprint density at radius 3 is 2.52 bits per heavy atom. The highest BCUT2D eigenvalue weighted by Crippen LogP contribution is 2.28. The van der Waals surface area contributed by atoms with Crippen LogP contribution in [0.3, 0.4) is 0 Å². The molecule has 31 heavy (non-hydrogen) atoms. The average molecular weight is 442 g/mol. The maximum Gasteiger partial charge on any atom is 0.237 e. The van der Waals surface area contributed by atoms with Crippen LogP contribution >= 0.6 is 11.8 Å². The number of anilines is 1. The second-order valence-electron chi connectivity index (χ2n) is 7.33. The minimum atomic E-state index is -0.454. The molecule has 164 valence electrons. The fourth-order valence-electron chi connectivity index (χ4n) is 3.02. The van der Waals surface area contributed by atoms with E-state index < -0.39 is 5.25 Å². The molecule has 0 aliphatic heterocycles. The minimum absolute atomic E-state index is 0.175. The van der Waals surface area contributed by atoms with E-state index in [-0.39, 0.29) is 12.5 Å². The molecule has 0 spiro atoms. The smallest absolute Gasteiger partial charge is 0.237 e. The number of ether oxygens (including phenoxy) is 2. The molecular weight excluding hydrogens is 414 g/mol. The first kappa shape index (κ1) is 22.5. The summed E-state index contributed by atoms with van der Waals surface area (Å²) < 4.78 is 12.5. The summed E-state index contributed by atoms with van der Waals surface area (Å²) in [6.07, 6.45) is 0. The molecule has 1 atom stereocenters. The van der Waals surface area contributed by atoms with Crippen LogP contribution < -0.4 is 20.6 Å². The van der Waals surface area contributed by atoms with Gasteiger partial charge in [-0.05, 0) is 68.7 Å². The fourth-order valence-corrected chi connectivity index (χ4v) is 3.80. The van der Waals surface area contributed by atoms with E-state index in [1.165, 1.54) is 16.4 Å². The van der Waals surface area contributed by atoms with Gasteiger partial charge in [0.2, 0.25) is 11.1 Å². The van der Waals surface area contributed by atoms with Gasteiger partial charge in [0.15, 0.2) is 5.82 Å². The van der Waals surface area contributed by atoms with Gasteiger partial charge in [-0.2, -0.15) is 0 Å². The zero-order chi connectivity index (χ0) is 22.5. The van der Waals surface area contributed by atoms with Crippen LogP contribution in [-0.2, 0) is 11.4 Å². The van der Waals surface area contributed by atoms with Crippen LogP contribution in [0.4, 0.5) is 5.69 Å². The second kappa shape index (κ2) is 9.74. The van der Waals surface area contributed by atoms with Crippen molar-refractivity contribution in [3.63, 3.8) is 0 Å². The molecule has 3 rings (SSSR count). The third-order valence-electron chi connectivity index (χ3n) is 4.56. The topological polar surface area (TPSA) is 104 Å². The summed E-state index contributed by atoms with van der Waals surface area (Å²) in [6, 6.07) is 11.6. The van der Waals surface area contributed by atoms with Crippen LogP contribution in [0, 0.1) is 20.8 Å². The van der Waals surface area contributed by atoms with E-state index in [0.29, 0.717) is 22.4 Å². The lowest BCUT2D eigenvalue weighted by Gasteiger charge is -2.14. The number of amides is 1. The van der Waals surface area contributed by atoms with Crippen molar-refractivity contribution in [2.45, 2.75) is 44.7 Å². The monoisotopic (exact) mass is 441 g/mol. The number of carbonyl (C=O) groups is 1. The SMILES string of the molecule is COc1ccc(C)cc1NC(=O)C(C)Sc1nnc(COc2cc(C)cc(C)c2)n1N. The number of nitrogens with two attached hydrogens (primary N) is 1. The van der Waals surface area contributed by atoms with Crippen LogP contribution in [-0.4, -0.2) is 33.1 Å². The Labute approximate surface area is 186 Å². The molecule has 3 N–H and O–H groups in total. The quantitative estimate of drug-likeness (QED) is 0.406. The molecule has 0 fully saturated rings. The molecule has 1 heterocycles. The summed E-state index contributed by atoms with van der Waals surface area (Å²) in [4.78, 5) is 12.7. The van der Waals surface area contributed by atoms with E-state index in [4.69, 9.17) is 15.3 Å². The number of rotatable bonds is 8. The van der Waals surface area contributed by atoms with Gasteiger partial charge in [0.05, 0.1) is 18.0 Å². The van der Waals surface area contributed by atoms with Gasteiger partial charge in [0.1, 0.15) is 18.1 Å². The third-order valence-corrected chi connectivity index (χ3v) is 5.62. The van der Waals surface area contributed by atoms with E-state index in [9.17, 15) is 4.79 Å². The molecule has 2 aromatic carbocycles. The third kappa shape index (κ3) is 5.69. The number of hydrogen-bond acceptors (Lipinski definition) is 7. The van der Waals surface area contributed by atoms with Crippen LogP contribution in [0.5, 0.6) is 11.5 Å². The Morgan fingerprint density at radius 1 is 1.13 bits per heavy atom. The van der Waals surface area contributed by atoms with E-state index in [1.807, 2.05) is 51.1 Å². The molecule has 8 nitrogen and oxygen atoms in total. The number of methoxy groups -OCH3 is 1. The highest BCUT2D eigenvalue weighted by Gasteiger charge is 2.21. The first-order valence-corrected chi connectivity index (χ1v) is 10.7. The van der Waals surface area contributed by atoms with E-state index in [0.717, 1.165) is 22.4 Å². The molecule has 3 aromatic rings. The average Bonchev–Trinajstić information content (AvgIpc) is 3.05. The summed E-state index contributed by atoms with van der Waals surface area (Å²) in [5, 5.41) is 11.1. The van der Waals surface area contributed by atoms with Crippen molar-refractivity contribution in [2.24, 2.45) is 0 Å². The van der Waals surface area contributed by atoms with Gasteiger partial charge in [-0.1, -0.05) is 23.9 Å². The Kier molecular flexibility index (Phi) is 7.06. The van der Waals surface area contributed by atoms with Gasteiger partial charge >= 0.3 is 0 Å². The van der Waals surface area contributed by atoms with Gasteiger partial charge in [-0.15, -0.1) is 10.2 Å². The van der Waals surface area contributed by atoms with Crippen molar-refractivity contribution in [1.82, 2.24) is 14.9 Å². The Bertz CT molecular complexity index is 1060. The number of thioether (sulfide) groups is 1. The molecule has 0 bridgehead atoms. The van der Waals surface area contributed by atoms with Crippen LogP contribution in [0.15, 0.2) is 41.6 Å². The molecule has 1 unspecified atom stereocenters. The van der Waals surface area contributed by atoms with E-state index >= 15 is 0 Å². The van der Waals surface area contributed by atoms with Gasteiger partial charge < -0.3 is 20.6 Å². The number of hydrogen-bond donors (Lipinski definition) is 2. The number of nitrogens with one attached hydrogen (secondary N) is 1. The lowest BCUT2D eigenvalue weighted by molar-refractivity contribution is -0.115. The number of aryl methyl sites for hydroxylation is 3. The number of nitrogen functional groups attached to an aromatic ring is 1.